The van der Waals surface area contributed by atoms with Crippen molar-refractivity contribution in [2.45, 2.75) is 12.8 Å². The lowest BCUT2D eigenvalue weighted by molar-refractivity contribution is 0.275. The van der Waals surface area contributed by atoms with Crippen LogP contribution in [0.5, 0.6) is 11.5 Å². The zero-order valence-electron chi connectivity index (χ0n) is 17.1. The number of guanidine groups is 1. The van der Waals surface area contributed by atoms with Crippen molar-refractivity contribution < 1.29 is 4.74 Å². The molecule has 0 amide bonds. The van der Waals surface area contributed by atoms with Crippen molar-refractivity contribution >= 4 is 35.6 Å². The first-order chi connectivity index (χ1) is 13.7. The van der Waals surface area contributed by atoms with Crippen molar-refractivity contribution in [3.63, 3.8) is 0 Å². The second-order valence-electron chi connectivity index (χ2n) is 7.19. The Labute approximate surface area is 191 Å². The molecule has 0 saturated carbocycles. The van der Waals surface area contributed by atoms with Gasteiger partial charge in [-0.15, -0.1) is 24.0 Å². The largest absolute Gasteiger partial charge is 0.457 e. The number of halogens is 1. The molecule has 1 fully saturated rings. The van der Waals surface area contributed by atoms with Gasteiger partial charge in [0, 0.05) is 31.4 Å². The Bertz CT molecular complexity index is 756. The summed E-state index contributed by atoms with van der Waals surface area (Å²) in [6.07, 6.45) is 2.26. The first-order valence-corrected chi connectivity index (χ1v) is 10.00. The minimum Gasteiger partial charge on any atom is -0.457 e. The maximum Gasteiger partial charge on any atom is 0.193 e. The molecule has 2 aromatic rings. The highest BCUT2D eigenvalue weighted by atomic mass is 127. The van der Waals surface area contributed by atoms with Crippen molar-refractivity contribution in [1.82, 2.24) is 9.80 Å². The first-order valence-electron chi connectivity index (χ1n) is 10.00. The molecule has 1 saturated heterocycles. The lowest BCUT2D eigenvalue weighted by Gasteiger charge is -2.19. The molecule has 1 aliphatic heterocycles. The van der Waals surface area contributed by atoms with Crippen LogP contribution < -0.4 is 15.8 Å². The molecule has 6 nitrogen and oxygen atoms in total. The average Bonchev–Trinajstić information content (AvgIpc) is 2.90. The summed E-state index contributed by atoms with van der Waals surface area (Å²) in [6, 6.07) is 17.5. The van der Waals surface area contributed by atoms with Crippen LogP contribution in [0.25, 0.3) is 0 Å². The number of aliphatic imine (C=N–C) groups is 1. The second kappa shape index (κ2) is 12.7. The molecule has 7 heteroatoms. The summed E-state index contributed by atoms with van der Waals surface area (Å²) in [6.45, 7) is 6.46. The van der Waals surface area contributed by atoms with E-state index in [-0.39, 0.29) is 24.0 Å². The summed E-state index contributed by atoms with van der Waals surface area (Å²) in [5.74, 6) is 2.00. The molecule has 0 aliphatic carbocycles. The fraction of sp³-hybridized carbons (Fsp3) is 0.409. The third-order valence-electron chi connectivity index (χ3n) is 4.81. The van der Waals surface area contributed by atoms with E-state index in [2.05, 4.69) is 27.2 Å². The van der Waals surface area contributed by atoms with E-state index in [1.165, 1.54) is 19.5 Å². The quantitative estimate of drug-likeness (QED) is 0.257. The third-order valence-corrected chi connectivity index (χ3v) is 4.81. The molecule has 29 heavy (non-hydrogen) atoms. The van der Waals surface area contributed by atoms with E-state index in [4.69, 9.17) is 10.5 Å². The molecule has 0 radical (unpaired) electrons. The molecule has 2 aromatic carbocycles. The van der Waals surface area contributed by atoms with Crippen molar-refractivity contribution in [2.24, 2.45) is 10.7 Å². The molecule has 0 bridgehead atoms. The van der Waals surface area contributed by atoms with E-state index in [9.17, 15) is 0 Å². The van der Waals surface area contributed by atoms with Crippen LogP contribution in [0.3, 0.4) is 0 Å². The lowest BCUT2D eigenvalue weighted by Crippen LogP contribution is -2.30. The Morgan fingerprint density at radius 3 is 2.66 bits per heavy atom. The predicted molar refractivity (Wildman–Crippen MR) is 132 cm³/mol. The van der Waals surface area contributed by atoms with Gasteiger partial charge in [0.05, 0.1) is 0 Å². The molecular weight excluding hydrogens is 477 g/mol. The number of hydrogen-bond acceptors (Lipinski definition) is 4. The smallest absolute Gasteiger partial charge is 0.193 e. The van der Waals surface area contributed by atoms with Gasteiger partial charge in [-0.25, -0.2) is 0 Å². The van der Waals surface area contributed by atoms with Gasteiger partial charge in [-0.2, -0.15) is 0 Å². The van der Waals surface area contributed by atoms with Crippen LogP contribution >= 0.6 is 24.0 Å². The van der Waals surface area contributed by atoms with Gasteiger partial charge in [-0.3, -0.25) is 4.99 Å². The molecule has 3 N–H and O–H groups in total. The number of likely N-dealkylation sites (N-methyl/N-ethyl adjacent to an activating group) is 1. The van der Waals surface area contributed by atoms with Gasteiger partial charge < -0.3 is 25.6 Å². The van der Waals surface area contributed by atoms with Gasteiger partial charge in [0.2, 0.25) is 0 Å². The number of ether oxygens (including phenoxy) is 1. The number of nitrogens with one attached hydrogen (secondary N) is 1. The van der Waals surface area contributed by atoms with Crippen molar-refractivity contribution in [1.29, 1.82) is 0 Å². The molecule has 3 rings (SSSR count). The van der Waals surface area contributed by atoms with Gasteiger partial charge in [-0.05, 0) is 63.8 Å². The highest BCUT2D eigenvalue weighted by Crippen LogP contribution is 2.23. The Balaban J connectivity index is 0.00000300. The second-order valence-corrected chi connectivity index (χ2v) is 7.19. The predicted octanol–water partition coefficient (Wildman–Crippen LogP) is 3.85. The van der Waals surface area contributed by atoms with Crippen LogP contribution in [0.1, 0.15) is 12.8 Å². The Morgan fingerprint density at radius 1 is 1.03 bits per heavy atom. The average molecular weight is 509 g/mol. The van der Waals surface area contributed by atoms with Gasteiger partial charge in [0.25, 0.3) is 0 Å². The Kier molecular flexibility index (Phi) is 10.2. The summed E-state index contributed by atoms with van der Waals surface area (Å²) >= 11 is 0. The highest BCUT2D eigenvalue weighted by Gasteiger charge is 2.11. The zero-order valence-corrected chi connectivity index (χ0v) is 19.4. The number of hydrogen-bond donors (Lipinski definition) is 2. The molecule has 1 heterocycles. The highest BCUT2D eigenvalue weighted by molar-refractivity contribution is 14.0. The summed E-state index contributed by atoms with van der Waals surface area (Å²) in [5.41, 5.74) is 6.91. The van der Waals surface area contributed by atoms with Gasteiger partial charge in [-0.1, -0.05) is 24.3 Å². The van der Waals surface area contributed by atoms with Crippen LogP contribution in [0.2, 0.25) is 0 Å². The molecule has 0 aromatic heterocycles. The molecule has 0 atom stereocenters. The summed E-state index contributed by atoms with van der Waals surface area (Å²) in [7, 11) is 2.19. The summed E-state index contributed by atoms with van der Waals surface area (Å²) in [5, 5.41) is 3.15. The Morgan fingerprint density at radius 2 is 1.83 bits per heavy atom. The van der Waals surface area contributed by atoms with Crippen LogP contribution in [-0.2, 0) is 0 Å². The van der Waals surface area contributed by atoms with Crippen LogP contribution in [0, 0.1) is 0 Å². The van der Waals surface area contributed by atoms with Crippen molar-refractivity contribution in [3.8, 4) is 11.5 Å². The van der Waals surface area contributed by atoms with E-state index >= 15 is 0 Å². The molecule has 0 unspecified atom stereocenters. The number of benzene rings is 2. The standard InChI is InChI=1S/C22H31N5O.HI/c1-26-13-7-15-27(17-16-26)14-6-12-24-22(23)25-19-8-5-11-21(18-19)28-20-9-3-2-4-10-20;/h2-5,8-11,18H,6-7,12-17H2,1H3,(H3,23,24,25);1H. The fourth-order valence-corrected chi connectivity index (χ4v) is 3.27. The first kappa shape index (κ1) is 23.4. The molecule has 158 valence electrons. The van der Waals surface area contributed by atoms with Gasteiger partial charge in [0.1, 0.15) is 11.5 Å². The van der Waals surface area contributed by atoms with E-state index in [0.29, 0.717) is 5.96 Å². The molecular formula is C22H32IN5O. The number of rotatable bonds is 7. The number of nitrogens with two attached hydrogens (primary N) is 1. The van der Waals surface area contributed by atoms with Crippen LogP contribution in [-0.4, -0.2) is 62.1 Å². The lowest BCUT2D eigenvalue weighted by atomic mass is 10.3. The van der Waals surface area contributed by atoms with Crippen molar-refractivity contribution in [3.05, 3.63) is 54.6 Å². The van der Waals surface area contributed by atoms with Crippen molar-refractivity contribution in [2.75, 3.05) is 51.6 Å². The topological polar surface area (TPSA) is 66.1 Å². The normalized spacial score (nSPS) is 16.0. The zero-order chi connectivity index (χ0) is 19.6. The monoisotopic (exact) mass is 509 g/mol. The van der Waals surface area contributed by atoms with E-state index in [0.717, 1.165) is 49.8 Å². The van der Waals surface area contributed by atoms with Crippen LogP contribution in [0.4, 0.5) is 5.69 Å². The minimum atomic E-state index is 0. The van der Waals surface area contributed by atoms with Crippen LogP contribution in [0.15, 0.2) is 59.6 Å². The maximum atomic E-state index is 6.05. The van der Waals surface area contributed by atoms with E-state index < -0.39 is 0 Å². The fourth-order valence-electron chi connectivity index (χ4n) is 3.27. The van der Waals surface area contributed by atoms with Gasteiger partial charge >= 0.3 is 0 Å². The SMILES string of the molecule is CN1CCCN(CCCN=C(N)Nc2cccc(Oc3ccccc3)c2)CC1.I. The third kappa shape index (κ3) is 8.59. The maximum absolute atomic E-state index is 6.05. The summed E-state index contributed by atoms with van der Waals surface area (Å²) in [4.78, 5) is 9.38. The molecule has 0 spiro atoms. The van der Waals surface area contributed by atoms with E-state index in [1.54, 1.807) is 0 Å². The number of nitrogens with zero attached hydrogens (tertiary/aromatic N) is 3. The minimum absolute atomic E-state index is 0. The molecule has 1 aliphatic rings. The van der Waals surface area contributed by atoms with Gasteiger partial charge in [0.15, 0.2) is 5.96 Å². The summed E-state index contributed by atoms with van der Waals surface area (Å²) < 4.78 is 5.85. The Hall–Kier alpha value is -1.84. The van der Waals surface area contributed by atoms with E-state index in [1.807, 2.05) is 54.6 Å². The number of anilines is 1. The number of para-hydroxylation sites is 1.